The van der Waals surface area contributed by atoms with E-state index in [1.54, 1.807) is 17.5 Å². The molecule has 3 N–H and O–H groups in total. The number of aliphatic hydroxyl groups excluding tert-OH is 2. The molecule has 1 amide bonds. The van der Waals surface area contributed by atoms with Crippen molar-refractivity contribution in [3.63, 3.8) is 0 Å². The summed E-state index contributed by atoms with van der Waals surface area (Å²) < 4.78 is 18.8. The summed E-state index contributed by atoms with van der Waals surface area (Å²) in [6.45, 7) is 13.1. The molecule has 0 aliphatic carbocycles. The fourth-order valence-corrected chi connectivity index (χ4v) is 5.03. The maximum atomic E-state index is 12.8. The number of aldehydes is 1. The first-order valence-electron chi connectivity index (χ1n) is 15.1. The Kier molecular flexibility index (Phi) is 17.7. The highest BCUT2D eigenvalue weighted by Gasteiger charge is 2.21. The lowest BCUT2D eigenvalue weighted by Crippen LogP contribution is -2.11. The highest BCUT2D eigenvalue weighted by atomic mass is 79.9. The van der Waals surface area contributed by atoms with Crippen LogP contribution in [0.1, 0.15) is 47.2 Å². The monoisotopic (exact) mass is 745 g/mol. The average Bonchev–Trinajstić information content (AvgIpc) is 3.87. The SMILES string of the molecule is C=C(C)Br.C=C/C=C/O.CC.CO.O=Cc1c(NC(=O)c2cc3ccccc3o2)csc1-c1cc2cccc(OCc3ccccc3)c2o1. The van der Waals surface area contributed by atoms with Gasteiger partial charge in [-0.2, -0.15) is 0 Å². The van der Waals surface area contributed by atoms with Crippen LogP contribution in [0.5, 0.6) is 5.75 Å². The van der Waals surface area contributed by atoms with Gasteiger partial charge in [-0.25, -0.2) is 0 Å². The normalized spacial score (nSPS) is 9.84. The van der Waals surface area contributed by atoms with E-state index in [1.165, 1.54) is 23.5 Å². The molecule has 0 fully saturated rings. The van der Waals surface area contributed by atoms with Crippen LogP contribution in [0.2, 0.25) is 0 Å². The van der Waals surface area contributed by atoms with Crippen molar-refractivity contribution < 1.29 is 33.4 Å². The molecular formula is C39H40BrNO7S. The molecule has 0 bridgehead atoms. The number of carbonyl (C=O) groups is 2. The zero-order chi connectivity index (χ0) is 36.2. The van der Waals surface area contributed by atoms with Crippen LogP contribution in [0.15, 0.2) is 135 Å². The smallest absolute Gasteiger partial charge is 0.291 e. The average molecular weight is 747 g/mol. The number of nitrogens with one attached hydrogen (secondary N) is 1. The summed E-state index contributed by atoms with van der Waals surface area (Å²) in [6.07, 6.45) is 4.60. The van der Waals surface area contributed by atoms with Gasteiger partial charge in [-0.05, 0) is 47.3 Å². The first-order chi connectivity index (χ1) is 23.8. The number of amides is 1. The Labute approximate surface area is 298 Å². The van der Waals surface area contributed by atoms with Crippen LogP contribution >= 0.6 is 27.3 Å². The molecule has 49 heavy (non-hydrogen) atoms. The van der Waals surface area contributed by atoms with Crippen molar-refractivity contribution in [2.45, 2.75) is 27.4 Å². The van der Waals surface area contributed by atoms with E-state index < -0.39 is 5.91 Å². The zero-order valence-electron chi connectivity index (χ0n) is 27.8. The van der Waals surface area contributed by atoms with Crippen molar-refractivity contribution in [3.8, 4) is 16.4 Å². The van der Waals surface area contributed by atoms with Gasteiger partial charge in [0.25, 0.3) is 5.91 Å². The molecule has 0 saturated carbocycles. The number of benzene rings is 3. The highest BCUT2D eigenvalue weighted by Crippen LogP contribution is 2.40. The number of anilines is 1. The van der Waals surface area contributed by atoms with Gasteiger partial charge in [-0.15, -0.1) is 11.3 Å². The van der Waals surface area contributed by atoms with Crippen molar-refractivity contribution in [3.05, 3.63) is 143 Å². The van der Waals surface area contributed by atoms with E-state index in [-0.39, 0.29) is 5.76 Å². The molecule has 3 heterocycles. The molecule has 0 aliphatic heterocycles. The quantitative estimate of drug-likeness (QED) is 0.0805. The number of ether oxygens (including phenoxy) is 1. The van der Waals surface area contributed by atoms with Gasteiger partial charge in [-0.3, -0.25) is 9.59 Å². The number of hydrogen-bond donors (Lipinski definition) is 3. The summed E-state index contributed by atoms with van der Waals surface area (Å²) in [5.41, 5.74) is 3.01. The fourth-order valence-electron chi connectivity index (χ4n) is 4.11. The van der Waals surface area contributed by atoms with Crippen LogP contribution in [-0.2, 0) is 6.61 Å². The van der Waals surface area contributed by atoms with E-state index in [1.807, 2.05) is 93.6 Å². The standard InChI is InChI=1S/C29H19NO5S.C4H6O.C3H5Br.C2H6.CH4O/c31-15-21-22(30-29(32)26-13-19-9-4-5-11-23(19)34-26)17-36-28(21)25-14-20-10-6-12-24(27(20)35-25)33-16-18-7-2-1-3-8-18;1-2-3-4-5;1-3(2)4;2*1-2/h1-15,17H,16H2,(H,30,32);2-5H,1H2;1H2,2H3;1-2H3;2H,1H3/b;4-3+;;;. The van der Waals surface area contributed by atoms with Crippen LogP contribution in [0.4, 0.5) is 5.69 Å². The van der Waals surface area contributed by atoms with Crippen LogP contribution < -0.4 is 10.1 Å². The van der Waals surface area contributed by atoms with Gasteiger partial charge < -0.3 is 29.1 Å². The lowest BCUT2D eigenvalue weighted by Gasteiger charge is -2.06. The minimum Gasteiger partial charge on any atom is -0.516 e. The maximum Gasteiger partial charge on any atom is 0.291 e. The number of furan rings is 2. The second-order valence-corrected chi connectivity index (χ2v) is 11.7. The highest BCUT2D eigenvalue weighted by molar-refractivity contribution is 9.11. The molecule has 0 unspecified atom stereocenters. The Morgan fingerprint density at radius 2 is 1.63 bits per heavy atom. The van der Waals surface area contributed by atoms with Gasteiger partial charge in [0, 0.05) is 23.3 Å². The Morgan fingerprint density at radius 3 is 2.24 bits per heavy atom. The van der Waals surface area contributed by atoms with Crippen LogP contribution in [0.25, 0.3) is 32.6 Å². The van der Waals surface area contributed by atoms with E-state index in [0.29, 0.717) is 45.4 Å². The van der Waals surface area contributed by atoms with Crippen LogP contribution in [0.3, 0.4) is 0 Å². The molecule has 0 atom stereocenters. The maximum absolute atomic E-state index is 12.8. The molecular weight excluding hydrogens is 706 g/mol. The minimum absolute atomic E-state index is 0.171. The lowest BCUT2D eigenvalue weighted by atomic mass is 10.2. The van der Waals surface area contributed by atoms with Crippen molar-refractivity contribution >= 4 is 67.1 Å². The summed E-state index contributed by atoms with van der Waals surface area (Å²) in [7, 11) is 1.00. The Hall–Kier alpha value is -5.16. The summed E-state index contributed by atoms with van der Waals surface area (Å²) in [5.74, 6) is 0.881. The molecule has 8 nitrogen and oxygen atoms in total. The Balaban J connectivity index is 0.000000559. The molecule has 0 spiro atoms. The summed E-state index contributed by atoms with van der Waals surface area (Å²) in [4.78, 5) is 25.5. The zero-order valence-corrected chi connectivity index (χ0v) is 30.2. The Bertz CT molecular complexity index is 1920. The van der Waals surface area contributed by atoms with Gasteiger partial charge in [0.1, 0.15) is 18.0 Å². The van der Waals surface area contributed by atoms with Crippen LogP contribution in [-0.4, -0.2) is 29.5 Å². The number of fused-ring (bicyclic) bond motifs is 2. The van der Waals surface area contributed by atoms with Crippen molar-refractivity contribution in [2.75, 3.05) is 12.4 Å². The van der Waals surface area contributed by atoms with Gasteiger partial charge in [0.2, 0.25) is 0 Å². The molecule has 0 saturated heterocycles. The van der Waals surface area contributed by atoms with Gasteiger partial charge in [0.15, 0.2) is 23.4 Å². The van der Waals surface area contributed by atoms with Crippen molar-refractivity contribution in [2.24, 2.45) is 0 Å². The van der Waals surface area contributed by atoms with Gasteiger partial charge in [-0.1, -0.05) is 110 Å². The fraction of sp³-hybridized carbons (Fsp3) is 0.128. The molecule has 0 aliphatic rings. The molecule has 256 valence electrons. The van der Waals surface area contributed by atoms with E-state index in [0.717, 1.165) is 40.5 Å². The molecule has 3 aromatic carbocycles. The molecule has 0 radical (unpaired) electrons. The summed E-state index contributed by atoms with van der Waals surface area (Å²) in [6, 6.07) is 26.5. The predicted molar refractivity (Wildman–Crippen MR) is 205 cm³/mol. The van der Waals surface area contributed by atoms with E-state index in [9.17, 15) is 9.59 Å². The number of thiophene rings is 1. The number of hydrogen-bond acceptors (Lipinski definition) is 8. The van der Waals surface area contributed by atoms with Crippen molar-refractivity contribution in [1.82, 2.24) is 0 Å². The van der Waals surface area contributed by atoms with E-state index in [4.69, 9.17) is 23.8 Å². The van der Waals surface area contributed by atoms with Crippen molar-refractivity contribution in [1.29, 1.82) is 0 Å². The lowest BCUT2D eigenvalue weighted by molar-refractivity contribution is 0.0998. The first-order valence-corrected chi connectivity index (χ1v) is 16.8. The van der Waals surface area contributed by atoms with Gasteiger partial charge >= 0.3 is 0 Å². The Morgan fingerprint density at radius 1 is 0.980 bits per heavy atom. The first kappa shape index (κ1) is 40.0. The molecule has 10 heteroatoms. The topological polar surface area (TPSA) is 122 Å². The third-order valence-electron chi connectivity index (χ3n) is 6.04. The minimum atomic E-state index is -0.431. The number of carbonyl (C=O) groups excluding carboxylic acids is 2. The number of aliphatic hydroxyl groups is 2. The predicted octanol–water partition coefficient (Wildman–Crippen LogP) is 11.3. The number of para-hydroxylation sites is 2. The molecule has 3 aromatic heterocycles. The molecule has 6 aromatic rings. The number of rotatable bonds is 8. The van der Waals surface area contributed by atoms with E-state index >= 15 is 0 Å². The largest absolute Gasteiger partial charge is 0.516 e. The van der Waals surface area contributed by atoms with Gasteiger partial charge in [0.05, 0.1) is 22.4 Å². The second-order valence-electron chi connectivity index (χ2n) is 9.43. The summed E-state index contributed by atoms with van der Waals surface area (Å²) >= 11 is 4.39. The van der Waals surface area contributed by atoms with Crippen LogP contribution in [0, 0.1) is 0 Å². The summed E-state index contributed by atoms with van der Waals surface area (Å²) in [5, 5.41) is 21.0. The number of allylic oxidation sites excluding steroid dienone is 3. The third kappa shape index (κ3) is 11.8. The molecule has 6 rings (SSSR count). The van der Waals surface area contributed by atoms with E-state index in [2.05, 4.69) is 34.4 Å². The number of halogens is 1. The third-order valence-corrected chi connectivity index (χ3v) is 7.05. The second kappa shape index (κ2) is 21.7.